The molecule has 1 aliphatic rings. The lowest BCUT2D eigenvalue weighted by atomic mass is 10.0. The van der Waals surface area contributed by atoms with E-state index in [-0.39, 0.29) is 6.04 Å². The molecule has 1 atom stereocenters. The monoisotopic (exact) mass is 492 g/mol. The second-order valence-electron chi connectivity index (χ2n) is 9.48. The summed E-state index contributed by atoms with van der Waals surface area (Å²) in [7, 11) is 0.417. The molecule has 1 saturated heterocycles. The van der Waals surface area contributed by atoms with Crippen molar-refractivity contribution in [1.29, 1.82) is 0 Å². The van der Waals surface area contributed by atoms with E-state index < -0.39 is 10.0 Å². The lowest BCUT2D eigenvalue weighted by Gasteiger charge is -2.40. The molecule has 0 saturated carbocycles. The van der Waals surface area contributed by atoms with Crippen LogP contribution in [0.5, 0.6) is 0 Å². The summed E-state index contributed by atoms with van der Waals surface area (Å²) in [5.41, 5.74) is 5.16. The summed E-state index contributed by atoms with van der Waals surface area (Å²) in [4.78, 5) is 7.22. The Kier molecular flexibility index (Phi) is 7.79. The summed E-state index contributed by atoms with van der Waals surface area (Å²) in [6.45, 7) is 7.61. The Balaban J connectivity index is 1.54. The first kappa shape index (κ1) is 25.2. The van der Waals surface area contributed by atoms with E-state index >= 15 is 0 Å². The van der Waals surface area contributed by atoms with Crippen LogP contribution in [0.2, 0.25) is 0 Å². The van der Waals surface area contributed by atoms with Crippen LogP contribution in [0.3, 0.4) is 0 Å². The summed E-state index contributed by atoms with van der Waals surface area (Å²) in [5.74, 6) is 0. The molecule has 7 heteroatoms. The van der Waals surface area contributed by atoms with Gasteiger partial charge in [0, 0.05) is 64.2 Å². The van der Waals surface area contributed by atoms with Crippen LogP contribution in [0.25, 0.3) is 0 Å². The van der Waals surface area contributed by atoms with Crippen molar-refractivity contribution < 1.29 is 8.42 Å². The van der Waals surface area contributed by atoms with Crippen molar-refractivity contribution in [2.24, 2.45) is 0 Å². The fourth-order valence-corrected chi connectivity index (χ4v) is 6.01. The SMILES string of the molecule is Cc1ccc(C)c(S(=O)(=O)NC[C@@H](c2ccc(N(C)C)cc2)N2CCN(c3ccccc3)CC2)c1. The maximum Gasteiger partial charge on any atom is 0.240 e. The smallest absolute Gasteiger partial charge is 0.240 e. The van der Waals surface area contributed by atoms with E-state index in [1.54, 1.807) is 6.07 Å². The lowest BCUT2D eigenvalue weighted by Crippen LogP contribution is -2.50. The molecule has 0 spiro atoms. The van der Waals surface area contributed by atoms with Crippen molar-refractivity contribution in [3.63, 3.8) is 0 Å². The van der Waals surface area contributed by atoms with E-state index in [9.17, 15) is 8.42 Å². The molecule has 0 aromatic heterocycles. The van der Waals surface area contributed by atoms with Gasteiger partial charge in [0.25, 0.3) is 0 Å². The van der Waals surface area contributed by atoms with E-state index in [0.29, 0.717) is 11.4 Å². The summed E-state index contributed by atoms with van der Waals surface area (Å²) in [5, 5.41) is 0. The van der Waals surface area contributed by atoms with Gasteiger partial charge in [-0.2, -0.15) is 0 Å². The van der Waals surface area contributed by atoms with Crippen molar-refractivity contribution in [2.75, 3.05) is 56.6 Å². The van der Waals surface area contributed by atoms with Crippen molar-refractivity contribution in [3.05, 3.63) is 89.5 Å². The summed E-state index contributed by atoms with van der Waals surface area (Å²) in [6.07, 6.45) is 0. The van der Waals surface area contributed by atoms with Crippen LogP contribution in [0.4, 0.5) is 11.4 Å². The fraction of sp³-hybridized carbons (Fsp3) is 0.357. The van der Waals surface area contributed by atoms with Gasteiger partial charge in [-0.1, -0.05) is 42.5 Å². The molecular weight excluding hydrogens is 456 g/mol. The van der Waals surface area contributed by atoms with Gasteiger partial charge in [-0.3, -0.25) is 4.90 Å². The zero-order chi connectivity index (χ0) is 25.0. The highest BCUT2D eigenvalue weighted by Gasteiger charge is 2.27. The third-order valence-corrected chi connectivity index (χ3v) is 8.34. The Hall–Kier alpha value is -2.87. The fourth-order valence-electron chi connectivity index (χ4n) is 4.65. The third-order valence-electron chi connectivity index (χ3n) is 6.77. The van der Waals surface area contributed by atoms with Gasteiger partial charge in [-0.05, 0) is 60.9 Å². The molecule has 0 radical (unpaired) electrons. The van der Waals surface area contributed by atoms with Gasteiger partial charge >= 0.3 is 0 Å². The van der Waals surface area contributed by atoms with E-state index in [4.69, 9.17) is 0 Å². The number of hydrogen-bond donors (Lipinski definition) is 1. The van der Waals surface area contributed by atoms with Gasteiger partial charge in [-0.25, -0.2) is 13.1 Å². The molecule has 1 aliphatic heterocycles. The normalized spacial score (nSPS) is 15.7. The first-order chi connectivity index (χ1) is 16.7. The lowest BCUT2D eigenvalue weighted by molar-refractivity contribution is 0.187. The average molecular weight is 493 g/mol. The molecule has 0 unspecified atom stereocenters. The molecule has 6 nitrogen and oxygen atoms in total. The van der Waals surface area contributed by atoms with Crippen LogP contribution in [0, 0.1) is 13.8 Å². The highest BCUT2D eigenvalue weighted by atomic mass is 32.2. The number of anilines is 2. The Morgan fingerprint density at radius 1 is 0.886 bits per heavy atom. The number of nitrogens with zero attached hydrogens (tertiary/aromatic N) is 3. The second-order valence-corrected chi connectivity index (χ2v) is 11.2. The molecule has 1 fully saturated rings. The van der Waals surface area contributed by atoms with Crippen LogP contribution in [-0.2, 0) is 10.0 Å². The number of hydrogen-bond acceptors (Lipinski definition) is 5. The molecule has 35 heavy (non-hydrogen) atoms. The molecular formula is C28H36N4O2S. The molecule has 0 bridgehead atoms. The molecule has 3 aromatic carbocycles. The first-order valence-corrected chi connectivity index (χ1v) is 13.6. The Bertz CT molecular complexity index is 1220. The first-order valence-electron chi connectivity index (χ1n) is 12.1. The van der Waals surface area contributed by atoms with Crippen LogP contribution in [-0.4, -0.2) is 60.1 Å². The van der Waals surface area contributed by atoms with Gasteiger partial charge in [-0.15, -0.1) is 0 Å². The summed E-state index contributed by atoms with van der Waals surface area (Å²) >= 11 is 0. The largest absolute Gasteiger partial charge is 0.378 e. The molecule has 0 aliphatic carbocycles. The van der Waals surface area contributed by atoms with Crippen LogP contribution >= 0.6 is 0 Å². The predicted octanol–water partition coefficient (Wildman–Crippen LogP) is 4.21. The van der Waals surface area contributed by atoms with Crippen LogP contribution < -0.4 is 14.5 Å². The number of aryl methyl sites for hydroxylation is 2. The summed E-state index contributed by atoms with van der Waals surface area (Å²) in [6, 6.07) is 24.4. The molecule has 4 rings (SSSR count). The van der Waals surface area contributed by atoms with Crippen molar-refractivity contribution in [1.82, 2.24) is 9.62 Å². The van der Waals surface area contributed by atoms with E-state index in [2.05, 4.69) is 68.0 Å². The van der Waals surface area contributed by atoms with Crippen molar-refractivity contribution >= 4 is 21.4 Å². The minimum Gasteiger partial charge on any atom is -0.378 e. The van der Waals surface area contributed by atoms with E-state index in [1.807, 2.05) is 46.1 Å². The molecule has 186 valence electrons. The summed E-state index contributed by atoms with van der Waals surface area (Å²) < 4.78 is 29.4. The van der Waals surface area contributed by atoms with Gasteiger partial charge < -0.3 is 9.80 Å². The van der Waals surface area contributed by atoms with Crippen molar-refractivity contribution in [3.8, 4) is 0 Å². The Morgan fingerprint density at radius 3 is 2.17 bits per heavy atom. The topological polar surface area (TPSA) is 55.9 Å². The zero-order valence-electron chi connectivity index (χ0n) is 21.1. The van der Waals surface area contributed by atoms with Crippen molar-refractivity contribution in [2.45, 2.75) is 24.8 Å². The highest BCUT2D eigenvalue weighted by molar-refractivity contribution is 7.89. The third kappa shape index (κ3) is 6.04. The molecule has 3 aromatic rings. The quantitative estimate of drug-likeness (QED) is 0.511. The second kappa shape index (κ2) is 10.8. The Labute approximate surface area is 210 Å². The minimum absolute atomic E-state index is 0.0518. The minimum atomic E-state index is -3.63. The standard InChI is InChI=1S/C28H36N4O2S/c1-22-10-11-23(2)28(20-22)35(33,34)29-21-27(24-12-14-25(15-13-24)30(3)4)32-18-16-31(17-19-32)26-8-6-5-7-9-26/h5-15,20,27,29H,16-19,21H2,1-4H3/t27-/m0/s1. The number of sulfonamides is 1. The number of benzene rings is 3. The van der Waals surface area contributed by atoms with Gasteiger partial charge in [0.15, 0.2) is 0 Å². The number of piperazine rings is 1. The molecule has 1 heterocycles. The Morgan fingerprint density at radius 2 is 1.54 bits per heavy atom. The van der Waals surface area contributed by atoms with Crippen LogP contribution in [0.1, 0.15) is 22.7 Å². The van der Waals surface area contributed by atoms with E-state index in [1.165, 1.54) is 5.69 Å². The average Bonchev–Trinajstić information content (AvgIpc) is 2.86. The predicted molar refractivity (Wildman–Crippen MR) is 145 cm³/mol. The molecule has 0 amide bonds. The maximum absolute atomic E-state index is 13.3. The zero-order valence-corrected chi connectivity index (χ0v) is 21.9. The van der Waals surface area contributed by atoms with E-state index in [0.717, 1.165) is 48.6 Å². The number of nitrogens with one attached hydrogen (secondary N) is 1. The maximum atomic E-state index is 13.3. The van der Waals surface area contributed by atoms with Gasteiger partial charge in [0.1, 0.15) is 0 Å². The number of para-hydroxylation sites is 1. The number of rotatable bonds is 8. The van der Waals surface area contributed by atoms with Crippen LogP contribution in [0.15, 0.2) is 77.7 Å². The molecule has 1 N–H and O–H groups in total. The van der Waals surface area contributed by atoms with Gasteiger partial charge in [0.2, 0.25) is 10.0 Å². The van der Waals surface area contributed by atoms with Gasteiger partial charge in [0.05, 0.1) is 4.90 Å². The highest BCUT2D eigenvalue weighted by Crippen LogP contribution is 2.26.